The van der Waals surface area contributed by atoms with Crippen LogP contribution < -0.4 is 10.1 Å². The third-order valence-electron chi connectivity index (χ3n) is 4.02. The number of nitrogens with one attached hydrogen (secondary N) is 1. The lowest BCUT2D eigenvalue weighted by Gasteiger charge is -2.21. The van der Waals surface area contributed by atoms with Crippen molar-refractivity contribution in [3.8, 4) is 5.75 Å². The molecule has 0 heterocycles. The van der Waals surface area contributed by atoms with Gasteiger partial charge in [0.2, 0.25) is 5.91 Å². The Balaban J connectivity index is 1.83. The fraction of sp³-hybridized carbons (Fsp3) is 0.300. The van der Waals surface area contributed by atoms with Crippen LogP contribution in [0, 0.1) is 5.82 Å². The summed E-state index contributed by atoms with van der Waals surface area (Å²) in [4.78, 5) is 25.5. The Morgan fingerprint density at radius 3 is 2.50 bits per heavy atom. The Labute approximate surface area is 152 Å². The van der Waals surface area contributed by atoms with Gasteiger partial charge in [-0.3, -0.25) is 9.59 Å². The normalized spacial score (nSPS) is 10.3. The summed E-state index contributed by atoms with van der Waals surface area (Å²) < 4.78 is 18.1. The van der Waals surface area contributed by atoms with Crippen LogP contribution in [0.1, 0.15) is 22.8 Å². The van der Waals surface area contributed by atoms with E-state index in [0.29, 0.717) is 31.6 Å². The van der Waals surface area contributed by atoms with Gasteiger partial charge in [0.1, 0.15) is 11.6 Å². The van der Waals surface area contributed by atoms with Crippen molar-refractivity contribution in [2.75, 3.05) is 26.7 Å². The first-order valence-corrected chi connectivity index (χ1v) is 8.42. The van der Waals surface area contributed by atoms with E-state index in [-0.39, 0.29) is 17.6 Å². The molecule has 0 atom stereocenters. The summed E-state index contributed by atoms with van der Waals surface area (Å²) in [5, 5.41) is 2.74. The molecule has 0 fully saturated rings. The third-order valence-corrected chi connectivity index (χ3v) is 4.02. The Kier molecular flexibility index (Phi) is 7.14. The smallest absolute Gasteiger partial charge is 0.251 e. The van der Waals surface area contributed by atoms with E-state index in [4.69, 9.17) is 4.74 Å². The van der Waals surface area contributed by atoms with Crippen molar-refractivity contribution >= 4 is 11.8 Å². The molecule has 2 amide bonds. The summed E-state index contributed by atoms with van der Waals surface area (Å²) in [6, 6.07) is 13.0. The number of hydrogen-bond donors (Lipinski definition) is 1. The van der Waals surface area contributed by atoms with Crippen molar-refractivity contribution in [3.05, 3.63) is 65.5 Å². The van der Waals surface area contributed by atoms with Gasteiger partial charge in [-0.25, -0.2) is 4.39 Å². The number of ether oxygens (including phenoxy) is 1. The average Bonchev–Trinajstić information content (AvgIpc) is 2.64. The van der Waals surface area contributed by atoms with Crippen molar-refractivity contribution in [3.63, 3.8) is 0 Å². The van der Waals surface area contributed by atoms with Gasteiger partial charge in [0.15, 0.2) is 0 Å². The standard InChI is InChI=1S/C20H23FN2O3/c1-15(24)23(12-10-16-4-3-5-19(14-16)26-2)13-11-22-20(25)17-6-8-18(21)9-7-17/h3-9,14H,10-13H2,1-2H3,(H,22,25). The summed E-state index contributed by atoms with van der Waals surface area (Å²) in [7, 11) is 1.62. The van der Waals surface area contributed by atoms with E-state index in [1.807, 2.05) is 24.3 Å². The number of hydrogen-bond acceptors (Lipinski definition) is 3. The predicted octanol–water partition coefficient (Wildman–Crippen LogP) is 2.66. The number of amides is 2. The first-order valence-electron chi connectivity index (χ1n) is 8.42. The van der Waals surface area contributed by atoms with Crippen LogP contribution in [0.4, 0.5) is 4.39 Å². The summed E-state index contributed by atoms with van der Waals surface area (Å²) in [6.45, 7) is 2.79. The van der Waals surface area contributed by atoms with Crippen molar-refractivity contribution in [1.29, 1.82) is 0 Å². The highest BCUT2D eigenvalue weighted by molar-refractivity contribution is 5.94. The highest BCUT2D eigenvalue weighted by Gasteiger charge is 2.10. The van der Waals surface area contributed by atoms with Gasteiger partial charge < -0.3 is 15.0 Å². The molecule has 0 radical (unpaired) electrons. The van der Waals surface area contributed by atoms with Crippen LogP contribution in [0.15, 0.2) is 48.5 Å². The van der Waals surface area contributed by atoms with Crippen LogP contribution in [-0.4, -0.2) is 43.5 Å². The lowest BCUT2D eigenvalue weighted by molar-refractivity contribution is -0.128. The number of methoxy groups -OCH3 is 1. The molecule has 0 aliphatic carbocycles. The van der Waals surface area contributed by atoms with E-state index in [1.54, 1.807) is 12.0 Å². The maximum Gasteiger partial charge on any atom is 0.251 e. The van der Waals surface area contributed by atoms with Gasteiger partial charge in [-0.15, -0.1) is 0 Å². The Hall–Kier alpha value is -2.89. The molecule has 2 aromatic carbocycles. The molecule has 5 nitrogen and oxygen atoms in total. The second-order valence-electron chi connectivity index (χ2n) is 5.87. The summed E-state index contributed by atoms with van der Waals surface area (Å²) in [5.74, 6) is 0.0514. The minimum atomic E-state index is -0.387. The molecule has 0 aromatic heterocycles. The minimum absolute atomic E-state index is 0.0519. The number of halogens is 1. The highest BCUT2D eigenvalue weighted by Crippen LogP contribution is 2.13. The first-order chi connectivity index (χ1) is 12.5. The SMILES string of the molecule is COc1cccc(CCN(CCNC(=O)c2ccc(F)cc2)C(C)=O)c1. The fourth-order valence-corrected chi connectivity index (χ4v) is 2.53. The maximum absolute atomic E-state index is 12.9. The Morgan fingerprint density at radius 1 is 1.12 bits per heavy atom. The van der Waals surface area contributed by atoms with Crippen molar-refractivity contribution < 1.29 is 18.7 Å². The molecule has 138 valence electrons. The molecule has 0 bridgehead atoms. The summed E-state index contributed by atoms with van der Waals surface area (Å²) in [6.07, 6.45) is 0.697. The van der Waals surface area contributed by atoms with Gasteiger partial charge in [-0.2, -0.15) is 0 Å². The van der Waals surface area contributed by atoms with E-state index in [1.165, 1.54) is 31.2 Å². The van der Waals surface area contributed by atoms with Gasteiger partial charge in [0, 0.05) is 32.1 Å². The summed E-state index contributed by atoms with van der Waals surface area (Å²) >= 11 is 0. The van der Waals surface area contributed by atoms with E-state index in [0.717, 1.165) is 11.3 Å². The largest absolute Gasteiger partial charge is 0.497 e. The maximum atomic E-state index is 12.9. The number of rotatable bonds is 8. The molecule has 0 saturated heterocycles. The summed E-state index contributed by atoms with van der Waals surface area (Å²) in [5.41, 5.74) is 1.46. The Morgan fingerprint density at radius 2 is 1.85 bits per heavy atom. The topological polar surface area (TPSA) is 58.6 Å². The third kappa shape index (κ3) is 5.88. The highest BCUT2D eigenvalue weighted by atomic mass is 19.1. The molecule has 0 aliphatic heterocycles. The molecule has 0 spiro atoms. The zero-order chi connectivity index (χ0) is 18.9. The minimum Gasteiger partial charge on any atom is -0.497 e. The van der Waals surface area contributed by atoms with Crippen LogP contribution in [0.2, 0.25) is 0 Å². The number of nitrogens with zero attached hydrogens (tertiary/aromatic N) is 1. The zero-order valence-electron chi connectivity index (χ0n) is 15.0. The molecular formula is C20H23FN2O3. The quantitative estimate of drug-likeness (QED) is 0.789. The lowest BCUT2D eigenvalue weighted by atomic mass is 10.1. The fourth-order valence-electron chi connectivity index (χ4n) is 2.53. The van der Waals surface area contributed by atoms with Crippen LogP contribution in [-0.2, 0) is 11.2 Å². The van der Waals surface area contributed by atoms with Crippen LogP contribution in [0.5, 0.6) is 5.75 Å². The van der Waals surface area contributed by atoms with Gasteiger partial charge in [0.25, 0.3) is 5.91 Å². The number of carbonyl (C=O) groups excluding carboxylic acids is 2. The molecule has 1 N–H and O–H groups in total. The van der Waals surface area contributed by atoms with Crippen LogP contribution >= 0.6 is 0 Å². The van der Waals surface area contributed by atoms with Crippen molar-refractivity contribution in [2.24, 2.45) is 0 Å². The number of benzene rings is 2. The molecule has 0 aliphatic rings. The predicted molar refractivity (Wildman–Crippen MR) is 97.7 cm³/mol. The monoisotopic (exact) mass is 358 g/mol. The van der Waals surface area contributed by atoms with Crippen molar-refractivity contribution in [2.45, 2.75) is 13.3 Å². The van der Waals surface area contributed by atoms with Crippen LogP contribution in [0.3, 0.4) is 0 Å². The van der Waals surface area contributed by atoms with Gasteiger partial charge in [-0.05, 0) is 48.4 Å². The lowest BCUT2D eigenvalue weighted by Crippen LogP contribution is -2.38. The average molecular weight is 358 g/mol. The van der Waals surface area contributed by atoms with Crippen LogP contribution in [0.25, 0.3) is 0 Å². The molecule has 0 saturated carbocycles. The molecule has 0 unspecified atom stereocenters. The molecular weight excluding hydrogens is 335 g/mol. The van der Waals surface area contributed by atoms with Gasteiger partial charge >= 0.3 is 0 Å². The van der Waals surface area contributed by atoms with Gasteiger partial charge in [0.05, 0.1) is 7.11 Å². The molecule has 2 aromatic rings. The Bertz CT molecular complexity index is 747. The second-order valence-corrected chi connectivity index (χ2v) is 5.87. The van der Waals surface area contributed by atoms with Gasteiger partial charge in [-0.1, -0.05) is 12.1 Å². The molecule has 26 heavy (non-hydrogen) atoms. The first kappa shape index (κ1) is 19.4. The number of carbonyl (C=O) groups is 2. The van der Waals surface area contributed by atoms with E-state index in [9.17, 15) is 14.0 Å². The molecule has 6 heteroatoms. The zero-order valence-corrected chi connectivity index (χ0v) is 15.0. The second kappa shape index (κ2) is 9.56. The van der Waals surface area contributed by atoms with E-state index < -0.39 is 0 Å². The molecule has 2 rings (SSSR count). The van der Waals surface area contributed by atoms with E-state index >= 15 is 0 Å². The van der Waals surface area contributed by atoms with E-state index in [2.05, 4.69) is 5.32 Å². The van der Waals surface area contributed by atoms with Crippen molar-refractivity contribution in [1.82, 2.24) is 10.2 Å².